The molecule has 2 bridgehead atoms. The quantitative estimate of drug-likeness (QED) is 0.211. The summed E-state index contributed by atoms with van der Waals surface area (Å²) in [4.78, 5) is 24.5. The van der Waals surface area contributed by atoms with Crippen LogP contribution >= 0.6 is 11.8 Å². The van der Waals surface area contributed by atoms with Crippen molar-refractivity contribution in [3.05, 3.63) is 62.9 Å². The lowest BCUT2D eigenvalue weighted by atomic mass is 9.54. The molecule has 186 valence electrons. The van der Waals surface area contributed by atoms with Gasteiger partial charge < -0.3 is 0 Å². The van der Waals surface area contributed by atoms with Gasteiger partial charge in [0.25, 0.3) is 0 Å². The van der Waals surface area contributed by atoms with Crippen LogP contribution in [0.2, 0.25) is 0 Å². The van der Waals surface area contributed by atoms with Gasteiger partial charge in [0, 0.05) is 10.7 Å². The molecule has 2 atom stereocenters. The number of carbonyl (C=O) groups excluding carboxylic acids is 1. The summed E-state index contributed by atoms with van der Waals surface area (Å²) < 4.78 is 0. The minimum Gasteiger partial charge on any atom is -0.297 e. The van der Waals surface area contributed by atoms with Gasteiger partial charge in [-0.15, -0.1) is 16.7 Å². The van der Waals surface area contributed by atoms with Gasteiger partial charge in [-0.1, -0.05) is 45.9 Å². The van der Waals surface area contributed by atoms with Crippen LogP contribution in [0.15, 0.2) is 46.5 Å². The molecule has 2 aliphatic carbocycles. The van der Waals surface area contributed by atoms with Crippen LogP contribution in [0.4, 0.5) is 5.69 Å². The molecule has 0 N–H and O–H groups in total. The van der Waals surface area contributed by atoms with Gasteiger partial charge in [-0.05, 0) is 125 Å². The normalized spacial score (nSPS) is 26.6. The summed E-state index contributed by atoms with van der Waals surface area (Å²) in [6.45, 7) is 11.1. The predicted octanol–water partition coefficient (Wildman–Crippen LogP) is 9.09. The molecule has 0 aliphatic heterocycles. The van der Waals surface area contributed by atoms with E-state index >= 15 is 0 Å². The molecular weight excluding hydrogens is 450 g/mol. The van der Waals surface area contributed by atoms with Crippen LogP contribution in [0.1, 0.15) is 76.5 Å². The fourth-order valence-corrected chi connectivity index (χ4v) is 7.66. The maximum Gasteiger partial charge on any atom is 0.156 e. The SMILES string of the molecule is Cc1cc(-c2cccc(/C=C(/C=O)SCC(C)C)c2)cc(C23CC(C)CC(CC(C)C2)C3)c1N=O. The zero-order chi connectivity index (χ0) is 25.2. The van der Waals surface area contributed by atoms with Crippen molar-refractivity contribution in [2.45, 2.75) is 72.1 Å². The zero-order valence-corrected chi connectivity index (χ0v) is 22.7. The second-order valence-corrected chi connectivity index (χ2v) is 12.8. The number of allylic oxidation sites excluding steroid dienone is 1. The van der Waals surface area contributed by atoms with Crippen LogP contribution in [0.25, 0.3) is 17.2 Å². The van der Waals surface area contributed by atoms with Crippen LogP contribution in [-0.4, -0.2) is 12.0 Å². The summed E-state index contributed by atoms with van der Waals surface area (Å²) in [6.07, 6.45) is 8.99. The third-order valence-electron chi connectivity index (χ3n) is 7.82. The van der Waals surface area contributed by atoms with Gasteiger partial charge in [-0.25, -0.2) is 0 Å². The van der Waals surface area contributed by atoms with E-state index in [9.17, 15) is 9.70 Å². The van der Waals surface area contributed by atoms with Gasteiger partial charge in [-0.2, -0.15) is 0 Å². The number of hydrogen-bond donors (Lipinski definition) is 0. The van der Waals surface area contributed by atoms with Crippen molar-refractivity contribution < 1.29 is 4.79 Å². The number of nitroso groups, excluding NO2 is 1. The Morgan fingerprint density at radius 3 is 2.43 bits per heavy atom. The number of nitrogens with zero attached hydrogens (tertiary/aromatic N) is 1. The maximum absolute atomic E-state index is 12.1. The van der Waals surface area contributed by atoms with Crippen molar-refractivity contribution in [3.8, 4) is 11.1 Å². The van der Waals surface area contributed by atoms with E-state index in [2.05, 4.69) is 63.2 Å². The predicted molar refractivity (Wildman–Crippen MR) is 150 cm³/mol. The van der Waals surface area contributed by atoms with Gasteiger partial charge in [0.1, 0.15) is 5.69 Å². The lowest BCUT2D eigenvalue weighted by molar-refractivity contribution is -0.104. The molecule has 3 nitrogen and oxygen atoms in total. The third-order valence-corrected chi connectivity index (χ3v) is 9.20. The molecule has 4 rings (SSSR count). The molecule has 0 spiro atoms. The summed E-state index contributed by atoms with van der Waals surface area (Å²) in [5, 5.41) is 3.57. The van der Waals surface area contributed by atoms with Gasteiger partial charge in [0.2, 0.25) is 0 Å². The average Bonchev–Trinajstić information content (AvgIpc) is 2.80. The molecule has 0 heterocycles. The Morgan fingerprint density at radius 2 is 1.80 bits per heavy atom. The maximum atomic E-state index is 12.1. The van der Waals surface area contributed by atoms with E-state index in [1.165, 1.54) is 19.3 Å². The second kappa shape index (κ2) is 10.8. The summed E-state index contributed by atoms with van der Waals surface area (Å²) in [5.74, 6) is 3.54. The summed E-state index contributed by atoms with van der Waals surface area (Å²) in [6, 6.07) is 12.7. The smallest absolute Gasteiger partial charge is 0.156 e. The highest BCUT2D eigenvalue weighted by molar-refractivity contribution is 8.04. The Balaban J connectivity index is 1.76. The standard InChI is InChI=1S/C31H39NO2S/c1-20(2)19-35-28(18-33)13-24-7-6-8-26(12-24)27-11-23(5)30(32-34)29(14-27)31-15-21(3)9-25(17-31)10-22(4)16-31/h6-8,11-14,18,20-22,25H,9-10,15-17,19H2,1-5H3/b28-13-. The first-order chi connectivity index (χ1) is 16.7. The number of fused-ring (bicyclic) bond motifs is 2. The zero-order valence-electron chi connectivity index (χ0n) is 21.8. The first-order valence-electron chi connectivity index (χ1n) is 13.1. The topological polar surface area (TPSA) is 46.5 Å². The molecule has 2 unspecified atom stereocenters. The molecular formula is C31H39NO2S. The number of aldehydes is 1. The highest BCUT2D eigenvalue weighted by Crippen LogP contribution is 2.56. The number of carbonyl (C=O) groups is 1. The Hall–Kier alpha value is -2.20. The fourth-order valence-electron chi connectivity index (χ4n) is 6.85. The van der Waals surface area contributed by atoms with Crippen LogP contribution in [0, 0.1) is 35.5 Å². The average molecular weight is 490 g/mol. The van der Waals surface area contributed by atoms with Crippen LogP contribution < -0.4 is 0 Å². The molecule has 2 fully saturated rings. The Bertz CT molecular complexity index is 1100. The highest BCUT2D eigenvalue weighted by Gasteiger charge is 2.46. The lowest BCUT2D eigenvalue weighted by Gasteiger charge is -2.50. The molecule has 2 aliphatic rings. The molecule has 0 saturated heterocycles. The lowest BCUT2D eigenvalue weighted by Crippen LogP contribution is -2.42. The first kappa shape index (κ1) is 25.9. The molecule has 35 heavy (non-hydrogen) atoms. The van der Waals surface area contributed by atoms with Crippen LogP contribution in [0.5, 0.6) is 0 Å². The molecule has 2 aromatic rings. The molecule has 2 aromatic carbocycles. The number of thioether (sulfide) groups is 1. The van der Waals surface area contributed by atoms with E-state index in [0.717, 1.165) is 63.5 Å². The Labute approximate surface area is 215 Å². The third kappa shape index (κ3) is 5.80. The number of benzene rings is 2. The minimum atomic E-state index is 0.0414. The molecule has 0 radical (unpaired) electrons. The van der Waals surface area contributed by atoms with Crippen LogP contribution in [0.3, 0.4) is 0 Å². The number of hydrogen-bond acceptors (Lipinski definition) is 4. The van der Waals surface area contributed by atoms with Crippen molar-refractivity contribution in [2.75, 3.05) is 5.75 Å². The second-order valence-electron chi connectivity index (χ2n) is 11.7. The van der Waals surface area contributed by atoms with E-state index in [-0.39, 0.29) is 5.41 Å². The van der Waals surface area contributed by atoms with E-state index in [1.54, 1.807) is 11.8 Å². The highest BCUT2D eigenvalue weighted by atomic mass is 32.2. The molecule has 4 heteroatoms. The van der Waals surface area contributed by atoms with Crippen molar-refractivity contribution in [3.63, 3.8) is 0 Å². The number of aryl methyl sites for hydroxylation is 1. The summed E-state index contributed by atoms with van der Waals surface area (Å²) >= 11 is 1.61. The largest absolute Gasteiger partial charge is 0.297 e. The van der Waals surface area contributed by atoms with E-state index in [1.807, 2.05) is 19.1 Å². The fraction of sp³-hybridized carbons (Fsp3) is 0.516. The minimum absolute atomic E-state index is 0.0414. The molecule has 2 saturated carbocycles. The van der Waals surface area contributed by atoms with Crippen molar-refractivity contribution >= 4 is 29.8 Å². The van der Waals surface area contributed by atoms with Gasteiger partial charge in [0.05, 0.1) is 0 Å². The van der Waals surface area contributed by atoms with Crippen molar-refractivity contribution in [1.29, 1.82) is 0 Å². The Morgan fingerprint density at radius 1 is 1.09 bits per heavy atom. The van der Waals surface area contributed by atoms with Crippen LogP contribution in [-0.2, 0) is 10.2 Å². The van der Waals surface area contributed by atoms with Gasteiger partial charge >= 0.3 is 0 Å². The van der Waals surface area contributed by atoms with Gasteiger partial charge in [-0.3, -0.25) is 4.79 Å². The van der Waals surface area contributed by atoms with Crippen molar-refractivity contribution in [2.24, 2.45) is 28.8 Å². The Kier molecular flexibility index (Phi) is 8.00. The van der Waals surface area contributed by atoms with E-state index in [0.29, 0.717) is 23.4 Å². The monoisotopic (exact) mass is 489 g/mol. The summed E-state index contributed by atoms with van der Waals surface area (Å²) in [5.41, 5.74) is 6.07. The van der Waals surface area contributed by atoms with E-state index < -0.39 is 0 Å². The first-order valence-corrected chi connectivity index (χ1v) is 14.1. The summed E-state index contributed by atoms with van der Waals surface area (Å²) in [7, 11) is 0. The van der Waals surface area contributed by atoms with E-state index in [4.69, 9.17) is 0 Å². The molecule has 0 amide bonds. The van der Waals surface area contributed by atoms with Crippen molar-refractivity contribution in [1.82, 2.24) is 0 Å². The van der Waals surface area contributed by atoms with Gasteiger partial charge in [0.15, 0.2) is 6.29 Å². The molecule has 0 aromatic heterocycles. The number of rotatable bonds is 8.